The first kappa shape index (κ1) is 13.8. The maximum Gasteiger partial charge on any atom is 0.426 e. The van der Waals surface area contributed by atoms with Crippen LogP contribution in [0, 0.1) is 0 Å². The highest BCUT2D eigenvalue weighted by molar-refractivity contribution is 7.85. The summed E-state index contributed by atoms with van der Waals surface area (Å²) in [6.45, 7) is 0. The van der Waals surface area contributed by atoms with Crippen LogP contribution in [0.15, 0.2) is 30.3 Å². The molecule has 1 aromatic carbocycles. The van der Waals surface area contributed by atoms with Crippen molar-refractivity contribution in [2.75, 3.05) is 5.75 Å². The highest BCUT2D eigenvalue weighted by atomic mass is 32.2. The van der Waals surface area contributed by atoms with Crippen LogP contribution in [-0.4, -0.2) is 31.0 Å². The van der Waals surface area contributed by atoms with Gasteiger partial charge in [0.2, 0.25) is 6.10 Å². The molecule has 8 heteroatoms. The molecule has 17 heavy (non-hydrogen) atoms. The summed E-state index contributed by atoms with van der Waals surface area (Å²) in [5.41, 5.74) is 0. The summed E-state index contributed by atoms with van der Waals surface area (Å²) in [6.07, 6.45) is -7.48. The molecule has 0 aliphatic rings. The second kappa shape index (κ2) is 4.92. The molecule has 0 aromatic heterocycles. The van der Waals surface area contributed by atoms with E-state index < -0.39 is 28.2 Å². The van der Waals surface area contributed by atoms with E-state index in [9.17, 15) is 21.6 Å². The molecule has 1 atom stereocenters. The van der Waals surface area contributed by atoms with Crippen molar-refractivity contribution < 1.29 is 30.9 Å². The van der Waals surface area contributed by atoms with E-state index in [-0.39, 0.29) is 5.75 Å². The third-order valence-electron chi connectivity index (χ3n) is 1.75. The average Bonchev–Trinajstić information content (AvgIpc) is 2.15. The molecule has 0 radical (unpaired) electrons. The van der Waals surface area contributed by atoms with Crippen molar-refractivity contribution in [1.29, 1.82) is 0 Å². The van der Waals surface area contributed by atoms with Gasteiger partial charge in [-0.15, -0.1) is 0 Å². The van der Waals surface area contributed by atoms with E-state index in [4.69, 9.17) is 4.55 Å². The molecule has 0 amide bonds. The zero-order valence-electron chi connectivity index (χ0n) is 8.39. The molecule has 0 aliphatic heterocycles. The van der Waals surface area contributed by atoms with E-state index in [1.165, 1.54) is 24.3 Å². The molecule has 1 rings (SSSR count). The SMILES string of the molecule is O=S(=O)(O)CC(Oc1ccccc1)C(F)(F)F. The van der Waals surface area contributed by atoms with Crippen molar-refractivity contribution in [2.24, 2.45) is 0 Å². The lowest BCUT2D eigenvalue weighted by Gasteiger charge is -2.20. The fraction of sp³-hybridized carbons (Fsp3) is 0.333. The van der Waals surface area contributed by atoms with Crippen molar-refractivity contribution in [3.63, 3.8) is 0 Å². The number of halogens is 3. The summed E-state index contributed by atoms with van der Waals surface area (Å²) >= 11 is 0. The third-order valence-corrected chi connectivity index (χ3v) is 2.47. The summed E-state index contributed by atoms with van der Waals surface area (Å²) in [4.78, 5) is 0. The van der Waals surface area contributed by atoms with Crippen molar-refractivity contribution >= 4 is 10.1 Å². The van der Waals surface area contributed by atoms with E-state index in [0.717, 1.165) is 0 Å². The number of hydrogen-bond acceptors (Lipinski definition) is 3. The molecular weight excluding hydrogens is 261 g/mol. The Morgan fingerprint density at radius 2 is 1.76 bits per heavy atom. The molecule has 4 nitrogen and oxygen atoms in total. The molecular formula is C9H9F3O4S. The van der Waals surface area contributed by atoms with Crippen LogP contribution in [0.4, 0.5) is 13.2 Å². The second-order valence-corrected chi connectivity index (χ2v) is 4.71. The Kier molecular flexibility index (Phi) is 3.99. The van der Waals surface area contributed by atoms with Gasteiger partial charge in [-0.1, -0.05) is 18.2 Å². The van der Waals surface area contributed by atoms with Crippen LogP contribution < -0.4 is 4.74 Å². The third kappa shape index (κ3) is 5.05. The molecule has 96 valence electrons. The van der Waals surface area contributed by atoms with Gasteiger partial charge in [0.05, 0.1) is 0 Å². The lowest BCUT2D eigenvalue weighted by molar-refractivity contribution is -0.188. The predicted octanol–water partition coefficient (Wildman–Crippen LogP) is 1.88. The maximum absolute atomic E-state index is 12.4. The van der Waals surface area contributed by atoms with E-state index in [1.54, 1.807) is 6.07 Å². The van der Waals surface area contributed by atoms with Crippen LogP contribution in [0.3, 0.4) is 0 Å². The first-order valence-corrected chi connectivity index (χ1v) is 6.03. The van der Waals surface area contributed by atoms with Crippen molar-refractivity contribution in [3.8, 4) is 5.75 Å². The highest BCUT2D eigenvalue weighted by Gasteiger charge is 2.44. The second-order valence-electron chi connectivity index (χ2n) is 3.21. The van der Waals surface area contributed by atoms with E-state index in [2.05, 4.69) is 4.74 Å². The van der Waals surface area contributed by atoms with Crippen LogP contribution in [0.2, 0.25) is 0 Å². The van der Waals surface area contributed by atoms with Gasteiger partial charge in [-0.05, 0) is 12.1 Å². The van der Waals surface area contributed by atoms with E-state index >= 15 is 0 Å². The fourth-order valence-electron chi connectivity index (χ4n) is 1.05. The van der Waals surface area contributed by atoms with E-state index in [0.29, 0.717) is 0 Å². The number of para-hydroxylation sites is 1. The number of rotatable bonds is 4. The summed E-state index contributed by atoms with van der Waals surface area (Å²) in [5.74, 6) is -1.66. The largest absolute Gasteiger partial charge is 0.480 e. The zero-order valence-corrected chi connectivity index (χ0v) is 9.20. The molecule has 0 fully saturated rings. The first-order chi connectivity index (χ1) is 7.68. The van der Waals surface area contributed by atoms with Gasteiger partial charge in [-0.25, -0.2) is 0 Å². The quantitative estimate of drug-likeness (QED) is 0.848. The van der Waals surface area contributed by atoms with Gasteiger partial charge in [-0.3, -0.25) is 4.55 Å². The van der Waals surface area contributed by atoms with Gasteiger partial charge in [0.25, 0.3) is 10.1 Å². The Morgan fingerprint density at radius 1 is 1.24 bits per heavy atom. The average molecular weight is 270 g/mol. The van der Waals surface area contributed by atoms with Gasteiger partial charge < -0.3 is 4.74 Å². The normalized spacial score (nSPS) is 14.4. The number of hydrogen-bond donors (Lipinski definition) is 1. The van der Waals surface area contributed by atoms with Gasteiger partial charge >= 0.3 is 6.18 Å². The lowest BCUT2D eigenvalue weighted by atomic mass is 10.3. The van der Waals surface area contributed by atoms with Gasteiger partial charge in [0.1, 0.15) is 11.5 Å². The van der Waals surface area contributed by atoms with Gasteiger partial charge in [-0.2, -0.15) is 21.6 Å². The molecule has 0 aliphatic carbocycles. The van der Waals surface area contributed by atoms with Crippen molar-refractivity contribution in [2.45, 2.75) is 12.3 Å². The predicted molar refractivity (Wildman–Crippen MR) is 53.3 cm³/mol. The van der Waals surface area contributed by atoms with Crippen LogP contribution in [0.1, 0.15) is 0 Å². The Balaban J connectivity index is 2.86. The van der Waals surface area contributed by atoms with Crippen LogP contribution in [0.25, 0.3) is 0 Å². The molecule has 0 saturated carbocycles. The Bertz CT molecular complexity index is 455. The first-order valence-electron chi connectivity index (χ1n) is 4.42. The Morgan fingerprint density at radius 3 is 2.18 bits per heavy atom. The smallest absolute Gasteiger partial charge is 0.426 e. The topological polar surface area (TPSA) is 63.6 Å². The minimum atomic E-state index is -4.88. The number of alkyl halides is 3. The lowest BCUT2D eigenvalue weighted by Crippen LogP contribution is -2.40. The highest BCUT2D eigenvalue weighted by Crippen LogP contribution is 2.26. The number of benzene rings is 1. The minimum Gasteiger partial charge on any atom is -0.480 e. The van der Waals surface area contributed by atoms with E-state index in [1.807, 2.05) is 0 Å². The zero-order chi connectivity index (χ0) is 13.1. The molecule has 0 bridgehead atoms. The summed E-state index contributed by atoms with van der Waals surface area (Å²) in [7, 11) is -4.77. The number of ether oxygens (including phenoxy) is 1. The monoisotopic (exact) mass is 270 g/mol. The summed E-state index contributed by atoms with van der Waals surface area (Å²) in [6, 6.07) is 6.95. The fourth-order valence-corrected chi connectivity index (χ4v) is 1.69. The van der Waals surface area contributed by atoms with Gasteiger partial charge in [0, 0.05) is 0 Å². The maximum atomic E-state index is 12.4. The Labute approximate surface area is 95.8 Å². The van der Waals surface area contributed by atoms with Crippen LogP contribution in [0.5, 0.6) is 5.75 Å². The molecule has 0 heterocycles. The summed E-state index contributed by atoms with van der Waals surface area (Å²) < 4.78 is 71.1. The van der Waals surface area contributed by atoms with Gasteiger partial charge in [0.15, 0.2) is 0 Å². The van der Waals surface area contributed by atoms with Crippen LogP contribution in [-0.2, 0) is 10.1 Å². The molecule has 0 spiro atoms. The molecule has 1 unspecified atom stereocenters. The van der Waals surface area contributed by atoms with Crippen molar-refractivity contribution in [1.82, 2.24) is 0 Å². The van der Waals surface area contributed by atoms with Crippen molar-refractivity contribution in [3.05, 3.63) is 30.3 Å². The molecule has 1 N–H and O–H groups in total. The Hall–Kier alpha value is -1.28. The van der Waals surface area contributed by atoms with Crippen LogP contribution >= 0.6 is 0 Å². The molecule has 0 saturated heterocycles. The minimum absolute atomic E-state index is 0.126. The standard InChI is InChI=1S/C9H9F3O4S/c10-9(11,12)8(6-17(13,14)15)16-7-4-2-1-3-5-7/h1-5,8H,6H2,(H,13,14,15). The summed E-state index contributed by atoms with van der Waals surface area (Å²) in [5, 5.41) is 0. The molecule has 1 aromatic rings.